The zero-order valence-corrected chi connectivity index (χ0v) is 11.6. The molecule has 0 saturated heterocycles. The zero-order valence-electron chi connectivity index (χ0n) is 10.1. The van der Waals surface area contributed by atoms with Gasteiger partial charge in [0, 0.05) is 5.69 Å². The number of carbonyl (C=O) groups excluding carboxylic acids is 1. The third kappa shape index (κ3) is 3.62. The van der Waals surface area contributed by atoms with Crippen molar-refractivity contribution in [2.45, 2.75) is 17.3 Å². The van der Waals surface area contributed by atoms with E-state index in [2.05, 4.69) is 20.5 Å². The maximum Gasteiger partial charge on any atom is 0.237 e. The first kappa shape index (κ1) is 13.7. The lowest BCUT2D eigenvalue weighted by molar-refractivity contribution is -0.115. The van der Waals surface area contributed by atoms with Gasteiger partial charge in [0.15, 0.2) is 5.16 Å². The molecule has 0 bridgehead atoms. The average molecular weight is 298 g/mol. The third-order valence-corrected chi connectivity index (χ3v) is 3.60. The number of amides is 1. The SMILES string of the molecule is CC(Sc1ncn[nH]1)C(=O)Nc1ccc(N)cc1Cl. The third-order valence-electron chi connectivity index (χ3n) is 2.30. The molecule has 1 heterocycles. The minimum atomic E-state index is -0.332. The molecule has 2 rings (SSSR count). The summed E-state index contributed by atoms with van der Waals surface area (Å²) in [5.74, 6) is -0.173. The molecule has 19 heavy (non-hydrogen) atoms. The van der Waals surface area contributed by atoms with E-state index in [9.17, 15) is 4.79 Å². The number of carbonyl (C=O) groups is 1. The highest BCUT2D eigenvalue weighted by molar-refractivity contribution is 8.00. The van der Waals surface area contributed by atoms with Crippen LogP contribution in [-0.4, -0.2) is 26.3 Å². The molecule has 1 amide bonds. The first-order valence-corrected chi connectivity index (χ1v) is 6.70. The van der Waals surface area contributed by atoms with E-state index in [1.165, 1.54) is 18.1 Å². The number of nitrogen functional groups attached to an aromatic ring is 1. The zero-order chi connectivity index (χ0) is 13.8. The molecule has 1 aromatic carbocycles. The van der Waals surface area contributed by atoms with E-state index in [4.69, 9.17) is 17.3 Å². The number of benzene rings is 1. The molecule has 1 atom stereocenters. The number of hydrogen-bond donors (Lipinski definition) is 3. The van der Waals surface area contributed by atoms with Crippen LogP contribution in [0.1, 0.15) is 6.92 Å². The molecule has 4 N–H and O–H groups in total. The standard InChI is InChI=1S/C11H12ClN5OS/c1-6(19-11-14-5-15-17-11)10(18)16-9-3-2-7(13)4-8(9)12/h2-6H,13H2,1H3,(H,16,18)(H,14,15,17). The summed E-state index contributed by atoms with van der Waals surface area (Å²) < 4.78 is 0. The summed E-state index contributed by atoms with van der Waals surface area (Å²) >= 11 is 7.27. The van der Waals surface area contributed by atoms with Crippen molar-refractivity contribution >= 4 is 40.6 Å². The summed E-state index contributed by atoms with van der Waals surface area (Å²) in [4.78, 5) is 15.9. The van der Waals surface area contributed by atoms with Crippen LogP contribution in [0.3, 0.4) is 0 Å². The van der Waals surface area contributed by atoms with Gasteiger partial charge in [0.05, 0.1) is 16.0 Å². The van der Waals surface area contributed by atoms with E-state index in [-0.39, 0.29) is 11.2 Å². The molecule has 2 aromatic rings. The molecule has 0 aliphatic heterocycles. The molecule has 1 unspecified atom stereocenters. The maximum absolute atomic E-state index is 12.0. The smallest absolute Gasteiger partial charge is 0.237 e. The highest BCUT2D eigenvalue weighted by atomic mass is 35.5. The van der Waals surface area contributed by atoms with Crippen molar-refractivity contribution in [2.75, 3.05) is 11.1 Å². The van der Waals surface area contributed by atoms with Gasteiger partial charge in [-0.3, -0.25) is 9.89 Å². The summed E-state index contributed by atoms with van der Waals surface area (Å²) in [5.41, 5.74) is 6.67. The molecular weight excluding hydrogens is 286 g/mol. The summed E-state index contributed by atoms with van der Waals surface area (Å²) in [6, 6.07) is 4.93. The van der Waals surface area contributed by atoms with Crippen molar-refractivity contribution in [1.29, 1.82) is 0 Å². The summed E-state index contributed by atoms with van der Waals surface area (Å²) in [7, 11) is 0. The van der Waals surface area contributed by atoms with Crippen molar-refractivity contribution in [3.63, 3.8) is 0 Å². The van der Waals surface area contributed by atoms with Crippen LogP contribution in [0.25, 0.3) is 0 Å². The lowest BCUT2D eigenvalue weighted by atomic mass is 10.2. The number of rotatable bonds is 4. The second kappa shape index (κ2) is 5.94. The minimum Gasteiger partial charge on any atom is -0.399 e. The maximum atomic E-state index is 12.0. The van der Waals surface area contributed by atoms with Gasteiger partial charge in [-0.1, -0.05) is 23.4 Å². The van der Waals surface area contributed by atoms with Crippen molar-refractivity contribution < 1.29 is 4.79 Å². The Morgan fingerprint density at radius 2 is 2.37 bits per heavy atom. The largest absolute Gasteiger partial charge is 0.399 e. The molecule has 1 aromatic heterocycles. The van der Waals surface area contributed by atoms with Gasteiger partial charge in [0.1, 0.15) is 6.33 Å². The first-order chi connectivity index (χ1) is 9.06. The molecule has 0 saturated carbocycles. The monoisotopic (exact) mass is 297 g/mol. The number of nitrogens with one attached hydrogen (secondary N) is 2. The predicted molar refractivity (Wildman–Crippen MR) is 76.2 cm³/mol. The van der Waals surface area contributed by atoms with Gasteiger partial charge >= 0.3 is 0 Å². The number of H-pyrrole nitrogens is 1. The van der Waals surface area contributed by atoms with Crippen LogP contribution in [0.2, 0.25) is 5.02 Å². The van der Waals surface area contributed by atoms with Gasteiger partial charge in [-0.2, -0.15) is 5.10 Å². The van der Waals surface area contributed by atoms with E-state index < -0.39 is 0 Å². The Bertz CT molecular complexity index is 574. The number of nitrogens with zero attached hydrogens (tertiary/aromatic N) is 2. The predicted octanol–water partition coefficient (Wildman–Crippen LogP) is 2.16. The van der Waals surface area contributed by atoms with E-state index in [1.807, 2.05) is 0 Å². The Kier molecular flexibility index (Phi) is 4.28. The molecular formula is C11H12ClN5OS. The van der Waals surface area contributed by atoms with Crippen LogP contribution in [0, 0.1) is 0 Å². The Morgan fingerprint density at radius 1 is 1.58 bits per heavy atom. The lowest BCUT2D eigenvalue weighted by Crippen LogP contribution is -2.22. The van der Waals surface area contributed by atoms with Crippen LogP contribution in [0.4, 0.5) is 11.4 Å². The van der Waals surface area contributed by atoms with Gasteiger partial charge in [-0.25, -0.2) is 4.98 Å². The second-order valence-electron chi connectivity index (χ2n) is 3.78. The Balaban J connectivity index is 2.00. The number of nitrogens with two attached hydrogens (primary N) is 1. The number of aromatic nitrogens is 3. The topological polar surface area (TPSA) is 96.7 Å². The van der Waals surface area contributed by atoms with Gasteiger partial charge in [-0.15, -0.1) is 0 Å². The fourth-order valence-corrected chi connectivity index (χ4v) is 2.29. The van der Waals surface area contributed by atoms with E-state index in [0.29, 0.717) is 21.6 Å². The minimum absolute atomic E-state index is 0.173. The van der Waals surface area contributed by atoms with Crippen molar-refractivity contribution in [3.05, 3.63) is 29.5 Å². The van der Waals surface area contributed by atoms with Crippen LogP contribution in [0.15, 0.2) is 29.7 Å². The second-order valence-corrected chi connectivity index (χ2v) is 5.52. The normalized spacial score (nSPS) is 12.1. The van der Waals surface area contributed by atoms with Crippen molar-refractivity contribution in [1.82, 2.24) is 15.2 Å². The van der Waals surface area contributed by atoms with Gasteiger partial charge in [0.2, 0.25) is 5.91 Å². The van der Waals surface area contributed by atoms with Gasteiger partial charge in [-0.05, 0) is 25.1 Å². The number of anilines is 2. The Morgan fingerprint density at radius 3 is 3.00 bits per heavy atom. The highest BCUT2D eigenvalue weighted by Gasteiger charge is 2.17. The summed E-state index contributed by atoms with van der Waals surface area (Å²) in [5, 5.41) is 9.81. The fraction of sp³-hybridized carbons (Fsp3) is 0.182. The van der Waals surface area contributed by atoms with Gasteiger partial charge < -0.3 is 11.1 Å². The van der Waals surface area contributed by atoms with E-state index in [0.717, 1.165) is 0 Å². The molecule has 0 aliphatic carbocycles. The number of halogens is 1. The van der Waals surface area contributed by atoms with Crippen molar-refractivity contribution in [2.24, 2.45) is 0 Å². The molecule has 0 radical (unpaired) electrons. The molecule has 8 heteroatoms. The lowest BCUT2D eigenvalue weighted by Gasteiger charge is -2.11. The van der Waals surface area contributed by atoms with Crippen LogP contribution >= 0.6 is 23.4 Å². The Labute approximate surface area is 119 Å². The van der Waals surface area contributed by atoms with E-state index >= 15 is 0 Å². The average Bonchev–Trinajstić information content (AvgIpc) is 2.85. The molecule has 0 fully saturated rings. The highest BCUT2D eigenvalue weighted by Crippen LogP contribution is 2.26. The molecule has 0 aliphatic rings. The Hall–Kier alpha value is -1.73. The quantitative estimate of drug-likeness (QED) is 0.593. The number of hydrogen-bond acceptors (Lipinski definition) is 5. The fourth-order valence-electron chi connectivity index (χ4n) is 1.34. The molecule has 6 nitrogen and oxygen atoms in total. The van der Waals surface area contributed by atoms with Gasteiger partial charge in [0.25, 0.3) is 0 Å². The molecule has 100 valence electrons. The van der Waals surface area contributed by atoms with Crippen LogP contribution in [-0.2, 0) is 4.79 Å². The van der Waals surface area contributed by atoms with Crippen LogP contribution in [0.5, 0.6) is 0 Å². The van der Waals surface area contributed by atoms with Crippen LogP contribution < -0.4 is 11.1 Å². The summed E-state index contributed by atoms with van der Waals surface area (Å²) in [6.45, 7) is 1.77. The number of thioether (sulfide) groups is 1. The van der Waals surface area contributed by atoms with E-state index in [1.54, 1.807) is 25.1 Å². The number of aromatic amines is 1. The first-order valence-electron chi connectivity index (χ1n) is 5.44. The molecule has 0 spiro atoms. The summed E-state index contributed by atoms with van der Waals surface area (Å²) in [6.07, 6.45) is 1.39. The van der Waals surface area contributed by atoms with Crippen molar-refractivity contribution in [3.8, 4) is 0 Å².